The first-order chi connectivity index (χ1) is 13.0. The zero-order valence-electron chi connectivity index (χ0n) is 15.3. The summed E-state index contributed by atoms with van der Waals surface area (Å²) in [5, 5.41) is 9.75. The number of nitrogens with one attached hydrogen (secondary N) is 2. The molecule has 1 aromatic carbocycles. The molecule has 0 spiro atoms. The highest BCUT2D eigenvalue weighted by atomic mass is 16.5. The van der Waals surface area contributed by atoms with Crippen molar-refractivity contribution in [3.05, 3.63) is 42.7 Å². The molecule has 0 radical (unpaired) electrons. The Morgan fingerprint density at radius 2 is 1.85 bits per heavy atom. The summed E-state index contributed by atoms with van der Waals surface area (Å²) in [4.78, 5) is 24.8. The van der Waals surface area contributed by atoms with Gasteiger partial charge >= 0.3 is 0 Å². The molecule has 8 nitrogen and oxygen atoms in total. The molecule has 1 fully saturated rings. The van der Waals surface area contributed by atoms with E-state index in [1.54, 1.807) is 54.3 Å². The third-order valence-electron chi connectivity index (χ3n) is 4.78. The minimum atomic E-state index is -0.577. The predicted molar refractivity (Wildman–Crippen MR) is 102 cm³/mol. The second kappa shape index (κ2) is 8.79. The molecular formula is C19H25N5O3. The van der Waals surface area contributed by atoms with Gasteiger partial charge in [0, 0.05) is 37.0 Å². The van der Waals surface area contributed by atoms with Gasteiger partial charge in [-0.3, -0.25) is 14.3 Å². The molecule has 2 amide bonds. The number of nitrogens with zero attached hydrogens (tertiary/aromatic N) is 2. The molecular weight excluding hydrogens is 346 g/mol. The fourth-order valence-electron chi connectivity index (χ4n) is 3.07. The van der Waals surface area contributed by atoms with Gasteiger partial charge in [0.2, 0.25) is 11.8 Å². The fraction of sp³-hybridized carbons (Fsp3) is 0.421. The van der Waals surface area contributed by atoms with E-state index in [0.29, 0.717) is 24.6 Å². The summed E-state index contributed by atoms with van der Waals surface area (Å²) in [6.45, 7) is 3.05. The number of anilines is 2. The maximum atomic E-state index is 12.4. The number of hydrogen-bond acceptors (Lipinski definition) is 5. The van der Waals surface area contributed by atoms with Crippen molar-refractivity contribution in [2.24, 2.45) is 11.7 Å². The van der Waals surface area contributed by atoms with Crippen molar-refractivity contribution >= 4 is 23.2 Å². The van der Waals surface area contributed by atoms with Gasteiger partial charge in [-0.25, -0.2) is 0 Å². The van der Waals surface area contributed by atoms with Crippen molar-refractivity contribution in [2.75, 3.05) is 23.8 Å². The van der Waals surface area contributed by atoms with Crippen LogP contribution in [0.5, 0.6) is 0 Å². The quantitative estimate of drug-likeness (QED) is 0.717. The molecule has 1 saturated heterocycles. The fourth-order valence-corrected chi connectivity index (χ4v) is 3.07. The van der Waals surface area contributed by atoms with Crippen LogP contribution >= 0.6 is 0 Å². The van der Waals surface area contributed by atoms with E-state index in [0.717, 1.165) is 12.8 Å². The lowest BCUT2D eigenvalue weighted by Gasteiger charge is -2.26. The summed E-state index contributed by atoms with van der Waals surface area (Å²) in [6.07, 6.45) is 4.94. The van der Waals surface area contributed by atoms with Crippen LogP contribution < -0.4 is 16.4 Å². The van der Waals surface area contributed by atoms with Gasteiger partial charge in [-0.2, -0.15) is 5.10 Å². The van der Waals surface area contributed by atoms with Crippen LogP contribution in [0.1, 0.15) is 25.8 Å². The van der Waals surface area contributed by atoms with E-state index in [1.165, 1.54) is 0 Å². The number of rotatable bonds is 6. The minimum absolute atomic E-state index is 0.122. The first-order valence-electron chi connectivity index (χ1n) is 9.09. The van der Waals surface area contributed by atoms with Gasteiger partial charge in [0.05, 0.1) is 6.04 Å². The predicted octanol–water partition coefficient (Wildman–Crippen LogP) is 1.78. The summed E-state index contributed by atoms with van der Waals surface area (Å²) in [5.74, 6) is -0.298. The van der Waals surface area contributed by atoms with Crippen molar-refractivity contribution in [3.8, 4) is 0 Å². The monoisotopic (exact) mass is 371 g/mol. The Morgan fingerprint density at radius 3 is 2.48 bits per heavy atom. The number of amides is 2. The summed E-state index contributed by atoms with van der Waals surface area (Å²) in [5.41, 5.74) is 7.29. The highest BCUT2D eigenvalue weighted by Crippen LogP contribution is 2.20. The maximum Gasteiger partial charge on any atom is 0.248 e. The number of hydrogen-bond donors (Lipinski definition) is 3. The molecule has 27 heavy (non-hydrogen) atoms. The molecule has 3 rings (SSSR count). The van der Waals surface area contributed by atoms with E-state index in [1.807, 2.05) is 0 Å². The third kappa shape index (κ3) is 4.93. The Bertz CT molecular complexity index is 771. The number of nitrogens with two attached hydrogens (primary N) is 1. The lowest BCUT2D eigenvalue weighted by atomic mass is 9.92. The topological polar surface area (TPSA) is 111 Å². The number of aromatic nitrogens is 2. The van der Waals surface area contributed by atoms with E-state index < -0.39 is 12.1 Å². The van der Waals surface area contributed by atoms with Crippen molar-refractivity contribution in [1.29, 1.82) is 0 Å². The van der Waals surface area contributed by atoms with Crippen LogP contribution in [0.2, 0.25) is 0 Å². The zero-order valence-corrected chi connectivity index (χ0v) is 15.3. The highest BCUT2D eigenvalue weighted by Gasteiger charge is 2.26. The lowest BCUT2D eigenvalue weighted by Crippen LogP contribution is -2.44. The van der Waals surface area contributed by atoms with E-state index in [2.05, 4.69) is 15.7 Å². The van der Waals surface area contributed by atoms with Crippen LogP contribution in [0.4, 0.5) is 11.4 Å². The van der Waals surface area contributed by atoms with Crippen LogP contribution in [-0.2, 0) is 14.3 Å². The van der Waals surface area contributed by atoms with Gasteiger partial charge in [-0.1, -0.05) is 6.07 Å². The summed E-state index contributed by atoms with van der Waals surface area (Å²) >= 11 is 0. The smallest absolute Gasteiger partial charge is 0.248 e. The van der Waals surface area contributed by atoms with Gasteiger partial charge < -0.3 is 21.1 Å². The van der Waals surface area contributed by atoms with E-state index in [4.69, 9.17) is 10.5 Å². The highest BCUT2D eigenvalue weighted by molar-refractivity contribution is 5.97. The minimum Gasteiger partial charge on any atom is -0.381 e. The summed E-state index contributed by atoms with van der Waals surface area (Å²) in [6, 6.07) is 7.75. The Kier molecular flexibility index (Phi) is 6.20. The average molecular weight is 371 g/mol. The molecule has 1 aromatic heterocycles. The number of carbonyl (C=O) groups is 2. The number of ether oxygens (including phenoxy) is 1. The molecule has 0 aliphatic carbocycles. The van der Waals surface area contributed by atoms with E-state index in [9.17, 15) is 9.59 Å². The van der Waals surface area contributed by atoms with Gasteiger partial charge in [-0.15, -0.1) is 0 Å². The molecule has 2 unspecified atom stereocenters. The van der Waals surface area contributed by atoms with Crippen LogP contribution in [0.25, 0.3) is 0 Å². The van der Waals surface area contributed by atoms with Crippen molar-refractivity contribution in [3.63, 3.8) is 0 Å². The lowest BCUT2D eigenvalue weighted by molar-refractivity contribution is -0.119. The SMILES string of the molecule is CC(C(=O)Nc1cccc(NC(=O)C(N)C2CCOCC2)c1)n1cccn1. The Balaban J connectivity index is 1.59. The molecule has 2 atom stereocenters. The normalized spacial score (nSPS) is 17.1. The van der Waals surface area contributed by atoms with Crippen LogP contribution in [-0.4, -0.2) is 40.9 Å². The first-order valence-corrected chi connectivity index (χ1v) is 9.09. The second-order valence-corrected chi connectivity index (χ2v) is 6.70. The summed E-state index contributed by atoms with van der Waals surface area (Å²) < 4.78 is 6.89. The number of carbonyl (C=O) groups excluding carboxylic acids is 2. The van der Waals surface area contributed by atoms with E-state index >= 15 is 0 Å². The molecule has 1 aliphatic heterocycles. The van der Waals surface area contributed by atoms with Gasteiger partial charge in [-0.05, 0) is 49.9 Å². The second-order valence-electron chi connectivity index (χ2n) is 6.70. The Hall–Kier alpha value is -2.71. The molecule has 8 heteroatoms. The maximum absolute atomic E-state index is 12.4. The van der Waals surface area contributed by atoms with Crippen molar-refractivity contribution in [2.45, 2.75) is 31.8 Å². The molecule has 1 aliphatic rings. The molecule has 4 N–H and O–H groups in total. The van der Waals surface area contributed by atoms with Crippen LogP contribution in [0.3, 0.4) is 0 Å². The third-order valence-corrected chi connectivity index (χ3v) is 4.78. The van der Waals surface area contributed by atoms with Crippen molar-refractivity contribution < 1.29 is 14.3 Å². The molecule has 0 bridgehead atoms. The van der Waals surface area contributed by atoms with Crippen LogP contribution in [0.15, 0.2) is 42.7 Å². The van der Waals surface area contributed by atoms with Crippen molar-refractivity contribution in [1.82, 2.24) is 9.78 Å². The Morgan fingerprint density at radius 1 is 1.19 bits per heavy atom. The van der Waals surface area contributed by atoms with Gasteiger partial charge in [0.25, 0.3) is 0 Å². The molecule has 2 aromatic rings. The molecule has 144 valence electrons. The number of benzene rings is 1. The van der Waals surface area contributed by atoms with Gasteiger partial charge in [0.15, 0.2) is 0 Å². The standard InChI is InChI=1S/C19H25N5O3/c1-13(24-9-3-8-21-24)18(25)22-15-4-2-5-16(12-15)23-19(26)17(20)14-6-10-27-11-7-14/h2-5,8-9,12-14,17H,6-7,10-11,20H2,1H3,(H,22,25)(H,23,26). The molecule has 2 heterocycles. The Labute approximate surface area is 158 Å². The average Bonchev–Trinajstić information content (AvgIpc) is 3.22. The largest absolute Gasteiger partial charge is 0.381 e. The van der Waals surface area contributed by atoms with E-state index in [-0.39, 0.29) is 17.7 Å². The van der Waals surface area contributed by atoms with Crippen LogP contribution in [0, 0.1) is 5.92 Å². The van der Waals surface area contributed by atoms with Gasteiger partial charge in [0.1, 0.15) is 6.04 Å². The molecule has 0 saturated carbocycles. The summed E-state index contributed by atoms with van der Waals surface area (Å²) in [7, 11) is 0. The zero-order chi connectivity index (χ0) is 19.2. The first kappa shape index (κ1) is 19.1.